The molecule has 0 aromatic carbocycles. The van der Waals surface area contributed by atoms with E-state index in [1.807, 2.05) is 25.3 Å². The van der Waals surface area contributed by atoms with Crippen LogP contribution in [-0.2, 0) is 4.74 Å². The largest absolute Gasteiger partial charge is 0.497 e. The Bertz CT molecular complexity index is 280. The molecule has 3 heteroatoms. The summed E-state index contributed by atoms with van der Waals surface area (Å²) in [4.78, 5) is 6.73. The Morgan fingerprint density at radius 2 is 2.11 bits per heavy atom. The van der Waals surface area contributed by atoms with E-state index >= 15 is 0 Å². The standard InChI is InChI=1S/C15H28N2O/c1-6-15(18-5)10-7-8-11-16-12-9-13-17(4)14(2)3/h6-7,10-11,14H,8-9,12-13H2,1-5H3/b10-7+,15-6-,16-11?. The van der Waals surface area contributed by atoms with Crippen molar-refractivity contribution >= 4 is 6.21 Å². The van der Waals surface area contributed by atoms with E-state index in [4.69, 9.17) is 4.74 Å². The molecule has 0 radical (unpaired) electrons. The first-order chi connectivity index (χ1) is 8.61. The minimum Gasteiger partial charge on any atom is -0.497 e. The van der Waals surface area contributed by atoms with Gasteiger partial charge in [-0.05, 0) is 52.9 Å². The molecular weight excluding hydrogens is 224 g/mol. The van der Waals surface area contributed by atoms with Crippen LogP contribution in [-0.4, -0.2) is 44.4 Å². The Morgan fingerprint density at radius 1 is 1.39 bits per heavy atom. The molecule has 0 aliphatic rings. The van der Waals surface area contributed by atoms with Gasteiger partial charge in [-0.3, -0.25) is 4.99 Å². The van der Waals surface area contributed by atoms with Crippen molar-refractivity contribution in [2.45, 2.75) is 39.7 Å². The van der Waals surface area contributed by atoms with E-state index in [0.29, 0.717) is 6.04 Å². The summed E-state index contributed by atoms with van der Waals surface area (Å²) in [6.07, 6.45) is 9.92. The SMILES string of the molecule is C/C=C(/C=C/CC=NCCCN(C)C(C)C)OC. The van der Waals surface area contributed by atoms with Crippen LogP contribution in [0.3, 0.4) is 0 Å². The first-order valence-corrected chi connectivity index (χ1v) is 6.67. The number of allylic oxidation sites excluding steroid dienone is 3. The van der Waals surface area contributed by atoms with Gasteiger partial charge < -0.3 is 9.64 Å². The van der Waals surface area contributed by atoms with Gasteiger partial charge in [0.2, 0.25) is 0 Å². The van der Waals surface area contributed by atoms with Crippen molar-refractivity contribution in [2.24, 2.45) is 4.99 Å². The first kappa shape index (κ1) is 16.9. The lowest BCUT2D eigenvalue weighted by molar-refractivity contribution is 0.272. The van der Waals surface area contributed by atoms with Crippen LogP contribution in [0.2, 0.25) is 0 Å². The number of nitrogens with zero attached hydrogens (tertiary/aromatic N) is 2. The minimum atomic E-state index is 0.616. The fourth-order valence-corrected chi connectivity index (χ4v) is 1.36. The van der Waals surface area contributed by atoms with Crippen LogP contribution >= 0.6 is 0 Å². The highest BCUT2D eigenvalue weighted by Crippen LogP contribution is 1.97. The maximum atomic E-state index is 5.12. The van der Waals surface area contributed by atoms with Crippen LogP contribution in [0.25, 0.3) is 0 Å². The van der Waals surface area contributed by atoms with Gasteiger partial charge in [-0.1, -0.05) is 6.08 Å². The molecular formula is C15H28N2O. The van der Waals surface area contributed by atoms with E-state index in [1.54, 1.807) is 7.11 Å². The normalized spacial score (nSPS) is 13.4. The first-order valence-electron chi connectivity index (χ1n) is 6.67. The number of hydrogen-bond acceptors (Lipinski definition) is 3. The Morgan fingerprint density at radius 3 is 2.67 bits per heavy atom. The van der Waals surface area contributed by atoms with Crippen molar-refractivity contribution in [2.75, 3.05) is 27.2 Å². The molecule has 18 heavy (non-hydrogen) atoms. The molecule has 0 bridgehead atoms. The average molecular weight is 252 g/mol. The fourth-order valence-electron chi connectivity index (χ4n) is 1.36. The number of hydrogen-bond donors (Lipinski definition) is 0. The van der Waals surface area contributed by atoms with Crippen LogP contribution in [0, 0.1) is 0 Å². The second-order valence-electron chi connectivity index (χ2n) is 4.55. The van der Waals surface area contributed by atoms with Gasteiger partial charge in [-0.25, -0.2) is 0 Å². The van der Waals surface area contributed by atoms with Crippen LogP contribution in [0.5, 0.6) is 0 Å². The Hall–Kier alpha value is -1.09. The van der Waals surface area contributed by atoms with Gasteiger partial charge in [0, 0.05) is 25.2 Å². The van der Waals surface area contributed by atoms with Gasteiger partial charge in [0.05, 0.1) is 7.11 Å². The van der Waals surface area contributed by atoms with Gasteiger partial charge in [-0.15, -0.1) is 0 Å². The highest BCUT2D eigenvalue weighted by atomic mass is 16.5. The Balaban J connectivity index is 3.61. The van der Waals surface area contributed by atoms with E-state index in [9.17, 15) is 0 Å². The van der Waals surface area contributed by atoms with E-state index in [2.05, 4.69) is 36.9 Å². The smallest absolute Gasteiger partial charge is 0.114 e. The van der Waals surface area contributed by atoms with E-state index in [-0.39, 0.29) is 0 Å². The fraction of sp³-hybridized carbons (Fsp3) is 0.667. The summed E-state index contributed by atoms with van der Waals surface area (Å²) in [7, 11) is 3.83. The van der Waals surface area contributed by atoms with Crippen LogP contribution < -0.4 is 0 Å². The van der Waals surface area contributed by atoms with Crippen molar-refractivity contribution in [3.8, 4) is 0 Å². The van der Waals surface area contributed by atoms with Gasteiger partial charge in [0.15, 0.2) is 0 Å². The third kappa shape index (κ3) is 8.99. The van der Waals surface area contributed by atoms with E-state index in [0.717, 1.165) is 31.7 Å². The molecule has 0 aliphatic carbocycles. The maximum absolute atomic E-state index is 5.12. The molecule has 0 rings (SSSR count). The molecule has 0 aromatic heterocycles. The molecule has 0 atom stereocenters. The second kappa shape index (κ2) is 11.0. The lowest BCUT2D eigenvalue weighted by atomic mass is 10.3. The van der Waals surface area contributed by atoms with Gasteiger partial charge in [0.1, 0.15) is 5.76 Å². The number of aliphatic imine (C=N–C) groups is 1. The summed E-state index contributed by atoms with van der Waals surface area (Å²) in [5.41, 5.74) is 0. The summed E-state index contributed by atoms with van der Waals surface area (Å²) in [6, 6.07) is 0.616. The van der Waals surface area contributed by atoms with Crippen LogP contribution in [0.15, 0.2) is 29.0 Å². The number of methoxy groups -OCH3 is 1. The van der Waals surface area contributed by atoms with Crippen molar-refractivity contribution in [3.63, 3.8) is 0 Å². The molecule has 0 aromatic rings. The summed E-state index contributed by atoms with van der Waals surface area (Å²) in [5, 5.41) is 0. The highest BCUT2D eigenvalue weighted by molar-refractivity contribution is 5.59. The summed E-state index contributed by atoms with van der Waals surface area (Å²) < 4.78 is 5.12. The molecule has 104 valence electrons. The predicted molar refractivity (Wildman–Crippen MR) is 80.3 cm³/mol. The number of ether oxygens (including phenoxy) is 1. The lowest BCUT2D eigenvalue weighted by Gasteiger charge is -2.19. The molecule has 0 N–H and O–H groups in total. The quantitative estimate of drug-likeness (QED) is 0.272. The van der Waals surface area contributed by atoms with E-state index < -0.39 is 0 Å². The zero-order valence-corrected chi connectivity index (χ0v) is 12.5. The molecule has 0 saturated heterocycles. The van der Waals surface area contributed by atoms with Crippen molar-refractivity contribution < 1.29 is 4.74 Å². The zero-order chi connectivity index (χ0) is 13.8. The predicted octanol–water partition coefficient (Wildman–Crippen LogP) is 3.28. The molecule has 0 spiro atoms. The van der Waals surface area contributed by atoms with Crippen molar-refractivity contribution in [1.29, 1.82) is 0 Å². The maximum Gasteiger partial charge on any atom is 0.114 e. The molecule has 0 aliphatic heterocycles. The number of rotatable bonds is 9. The summed E-state index contributed by atoms with van der Waals surface area (Å²) in [6.45, 7) is 8.40. The Labute approximate surface area is 112 Å². The van der Waals surface area contributed by atoms with Crippen LogP contribution in [0.4, 0.5) is 0 Å². The third-order valence-corrected chi connectivity index (χ3v) is 2.85. The lowest BCUT2D eigenvalue weighted by Crippen LogP contribution is -2.27. The molecule has 3 nitrogen and oxygen atoms in total. The summed E-state index contributed by atoms with van der Waals surface area (Å²) in [5.74, 6) is 0.891. The zero-order valence-electron chi connectivity index (χ0n) is 12.5. The highest BCUT2D eigenvalue weighted by Gasteiger charge is 2.00. The van der Waals surface area contributed by atoms with Gasteiger partial charge in [-0.2, -0.15) is 0 Å². The monoisotopic (exact) mass is 252 g/mol. The molecule has 0 heterocycles. The van der Waals surface area contributed by atoms with Crippen molar-refractivity contribution in [3.05, 3.63) is 24.0 Å². The van der Waals surface area contributed by atoms with Crippen molar-refractivity contribution in [1.82, 2.24) is 4.90 Å². The molecule has 0 unspecified atom stereocenters. The van der Waals surface area contributed by atoms with E-state index in [1.165, 1.54) is 0 Å². The van der Waals surface area contributed by atoms with Crippen LogP contribution in [0.1, 0.15) is 33.6 Å². The topological polar surface area (TPSA) is 24.8 Å². The minimum absolute atomic E-state index is 0.616. The Kier molecular flexibility index (Phi) is 10.4. The van der Waals surface area contributed by atoms with Gasteiger partial charge >= 0.3 is 0 Å². The molecule has 0 fully saturated rings. The second-order valence-corrected chi connectivity index (χ2v) is 4.55. The van der Waals surface area contributed by atoms with Gasteiger partial charge in [0.25, 0.3) is 0 Å². The third-order valence-electron chi connectivity index (χ3n) is 2.85. The molecule has 0 saturated carbocycles. The molecule has 0 amide bonds. The summed E-state index contributed by atoms with van der Waals surface area (Å²) >= 11 is 0. The average Bonchev–Trinajstić information content (AvgIpc) is 2.36.